The lowest BCUT2D eigenvalue weighted by Gasteiger charge is -2.19. The molecule has 0 radical (unpaired) electrons. The second kappa shape index (κ2) is 6.38. The SMILES string of the molecule is CC(C)(C)OC(=O)Cn1nc(C(N)=O)c2cc(N3CCCC3)ccc21. The molecule has 134 valence electrons. The number of aromatic nitrogens is 2. The van der Waals surface area contributed by atoms with E-state index in [1.807, 2.05) is 39.0 Å². The Morgan fingerprint density at radius 3 is 2.52 bits per heavy atom. The molecule has 1 aliphatic heterocycles. The average Bonchev–Trinajstić information content (AvgIpc) is 3.13. The van der Waals surface area contributed by atoms with Crippen LogP contribution in [0.25, 0.3) is 10.9 Å². The van der Waals surface area contributed by atoms with Crippen molar-refractivity contribution in [2.75, 3.05) is 18.0 Å². The van der Waals surface area contributed by atoms with Crippen LogP contribution in [0.5, 0.6) is 0 Å². The summed E-state index contributed by atoms with van der Waals surface area (Å²) >= 11 is 0. The van der Waals surface area contributed by atoms with Gasteiger partial charge in [-0.25, -0.2) is 0 Å². The second-order valence-electron chi connectivity index (χ2n) is 7.35. The number of rotatable bonds is 4. The fourth-order valence-electron chi connectivity index (χ4n) is 3.14. The van der Waals surface area contributed by atoms with E-state index in [2.05, 4.69) is 10.00 Å². The Labute approximate surface area is 146 Å². The zero-order valence-corrected chi connectivity index (χ0v) is 14.9. The smallest absolute Gasteiger partial charge is 0.328 e. The van der Waals surface area contributed by atoms with Gasteiger partial charge in [0.25, 0.3) is 5.91 Å². The number of carbonyl (C=O) groups is 2. The van der Waals surface area contributed by atoms with Crippen LogP contribution in [0.15, 0.2) is 18.2 Å². The van der Waals surface area contributed by atoms with Crippen molar-refractivity contribution in [3.63, 3.8) is 0 Å². The van der Waals surface area contributed by atoms with Gasteiger partial charge in [0.05, 0.1) is 5.52 Å². The minimum Gasteiger partial charge on any atom is -0.459 e. The maximum Gasteiger partial charge on any atom is 0.328 e. The van der Waals surface area contributed by atoms with Crippen LogP contribution in [-0.4, -0.2) is 40.3 Å². The van der Waals surface area contributed by atoms with Gasteiger partial charge in [-0.3, -0.25) is 14.3 Å². The molecule has 7 heteroatoms. The molecule has 0 bridgehead atoms. The molecular formula is C18H24N4O3. The summed E-state index contributed by atoms with van der Waals surface area (Å²) in [6.45, 7) is 7.37. The lowest BCUT2D eigenvalue weighted by molar-refractivity contribution is -0.155. The van der Waals surface area contributed by atoms with Crippen molar-refractivity contribution < 1.29 is 14.3 Å². The zero-order chi connectivity index (χ0) is 18.2. The van der Waals surface area contributed by atoms with Crippen molar-refractivity contribution in [3.05, 3.63) is 23.9 Å². The first-order valence-electron chi connectivity index (χ1n) is 8.52. The minimum atomic E-state index is -0.605. The number of primary amides is 1. The fraction of sp³-hybridized carbons (Fsp3) is 0.500. The molecule has 2 aromatic rings. The van der Waals surface area contributed by atoms with E-state index < -0.39 is 17.5 Å². The van der Waals surface area contributed by atoms with Crippen molar-refractivity contribution in [2.45, 2.75) is 45.8 Å². The van der Waals surface area contributed by atoms with Crippen LogP contribution in [-0.2, 0) is 16.1 Å². The van der Waals surface area contributed by atoms with Crippen LogP contribution in [0.1, 0.15) is 44.1 Å². The third-order valence-electron chi connectivity index (χ3n) is 4.14. The molecule has 0 aliphatic carbocycles. The molecule has 0 unspecified atom stereocenters. The monoisotopic (exact) mass is 344 g/mol. The van der Waals surface area contributed by atoms with Gasteiger partial charge in [0.15, 0.2) is 5.69 Å². The highest BCUT2D eigenvalue weighted by molar-refractivity contribution is 6.05. The Balaban J connectivity index is 1.96. The molecule has 25 heavy (non-hydrogen) atoms. The highest BCUT2D eigenvalue weighted by Crippen LogP contribution is 2.27. The van der Waals surface area contributed by atoms with Crippen molar-refractivity contribution in [2.24, 2.45) is 5.73 Å². The number of nitrogens with zero attached hydrogens (tertiary/aromatic N) is 3. The first-order chi connectivity index (χ1) is 11.7. The predicted molar refractivity (Wildman–Crippen MR) is 95.5 cm³/mol. The summed E-state index contributed by atoms with van der Waals surface area (Å²) in [5.41, 5.74) is 6.83. The van der Waals surface area contributed by atoms with Crippen LogP contribution in [0.3, 0.4) is 0 Å². The summed E-state index contributed by atoms with van der Waals surface area (Å²) in [6.07, 6.45) is 2.33. The normalized spacial score (nSPS) is 14.9. The molecule has 2 heterocycles. The highest BCUT2D eigenvalue weighted by atomic mass is 16.6. The molecule has 2 N–H and O–H groups in total. The first kappa shape index (κ1) is 17.3. The largest absolute Gasteiger partial charge is 0.459 e. The van der Waals surface area contributed by atoms with Gasteiger partial charge >= 0.3 is 5.97 Å². The third kappa shape index (κ3) is 3.75. The van der Waals surface area contributed by atoms with Gasteiger partial charge in [0.1, 0.15) is 12.1 Å². The maximum atomic E-state index is 12.1. The molecule has 1 aliphatic rings. The van der Waals surface area contributed by atoms with Crippen LogP contribution in [0.2, 0.25) is 0 Å². The second-order valence-corrected chi connectivity index (χ2v) is 7.35. The third-order valence-corrected chi connectivity index (χ3v) is 4.14. The Hall–Kier alpha value is -2.57. The number of benzene rings is 1. The number of hydrogen-bond acceptors (Lipinski definition) is 5. The van der Waals surface area contributed by atoms with E-state index in [9.17, 15) is 9.59 Å². The Bertz CT molecular complexity index is 814. The van der Waals surface area contributed by atoms with Crippen molar-refractivity contribution in [1.29, 1.82) is 0 Å². The topological polar surface area (TPSA) is 90.5 Å². The van der Waals surface area contributed by atoms with Gasteiger partial charge in [-0.1, -0.05) is 0 Å². The summed E-state index contributed by atoms with van der Waals surface area (Å²) in [5.74, 6) is -1.01. The summed E-state index contributed by atoms with van der Waals surface area (Å²) in [6, 6.07) is 5.80. The van der Waals surface area contributed by atoms with E-state index in [4.69, 9.17) is 10.5 Å². The molecule has 1 aromatic carbocycles. The maximum absolute atomic E-state index is 12.1. The van der Waals surface area contributed by atoms with E-state index in [1.54, 1.807) is 0 Å². The lowest BCUT2D eigenvalue weighted by Crippen LogP contribution is -2.27. The van der Waals surface area contributed by atoms with Crippen molar-refractivity contribution >= 4 is 28.5 Å². The van der Waals surface area contributed by atoms with Gasteiger partial charge in [-0.2, -0.15) is 5.10 Å². The lowest BCUT2D eigenvalue weighted by atomic mass is 10.1. The van der Waals surface area contributed by atoms with E-state index in [0.717, 1.165) is 18.8 Å². The van der Waals surface area contributed by atoms with Crippen molar-refractivity contribution in [1.82, 2.24) is 9.78 Å². The number of amides is 1. The van der Waals surface area contributed by atoms with Gasteiger partial charge in [0, 0.05) is 24.2 Å². The Morgan fingerprint density at radius 2 is 1.92 bits per heavy atom. The molecule has 0 atom stereocenters. The van der Waals surface area contributed by atoms with E-state index >= 15 is 0 Å². The molecule has 7 nitrogen and oxygen atoms in total. The Morgan fingerprint density at radius 1 is 1.24 bits per heavy atom. The predicted octanol–water partition coefficient (Wildman–Crippen LogP) is 2.08. The van der Waals surface area contributed by atoms with Crippen LogP contribution in [0, 0.1) is 0 Å². The zero-order valence-electron chi connectivity index (χ0n) is 14.9. The first-order valence-corrected chi connectivity index (χ1v) is 8.52. The summed E-state index contributed by atoms with van der Waals surface area (Å²) in [4.78, 5) is 26.2. The van der Waals surface area contributed by atoms with Crippen LogP contribution < -0.4 is 10.6 Å². The number of carbonyl (C=O) groups excluding carboxylic acids is 2. The number of fused-ring (bicyclic) bond motifs is 1. The van der Waals surface area contributed by atoms with Crippen LogP contribution in [0.4, 0.5) is 5.69 Å². The molecule has 0 spiro atoms. The highest BCUT2D eigenvalue weighted by Gasteiger charge is 2.22. The number of hydrogen-bond donors (Lipinski definition) is 1. The molecular weight excluding hydrogens is 320 g/mol. The van der Waals surface area contributed by atoms with Gasteiger partial charge < -0.3 is 15.4 Å². The summed E-state index contributed by atoms with van der Waals surface area (Å²) in [5, 5.41) is 4.92. The molecule has 1 amide bonds. The number of ether oxygens (including phenoxy) is 1. The quantitative estimate of drug-likeness (QED) is 0.858. The molecule has 0 saturated carbocycles. The van der Waals surface area contributed by atoms with Gasteiger partial charge in [0.2, 0.25) is 0 Å². The standard InChI is InChI=1S/C18H24N4O3/c1-18(2,3)25-15(23)11-22-14-7-6-12(21-8-4-5-9-21)10-13(14)16(20-22)17(19)24/h6-7,10H,4-5,8-9,11H2,1-3H3,(H2,19,24). The van der Waals surface area contributed by atoms with E-state index in [-0.39, 0.29) is 12.2 Å². The molecule has 1 fully saturated rings. The van der Waals surface area contributed by atoms with E-state index in [0.29, 0.717) is 10.9 Å². The summed E-state index contributed by atoms with van der Waals surface area (Å²) < 4.78 is 6.82. The molecule has 3 rings (SSSR count). The molecule has 1 saturated heterocycles. The number of esters is 1. The Kier molecular flexibility index (Phi) is 4.41. The average molecular weight is 344 g/mol. The van der Waals surface area contributed by atoms with Crippen molar-refractivity contribution in [3.8, 4) is 0 Å². The fourth-order valence-corrected chi connectivity index (χ4v) is 3.14. The van der Waals surface area contributed by atoms with E-state index in [1.165, 1.54) is 17.5 Å². The van der Waals surface area contributed by atoms with Gasteiger partial charge in [-0.05, 0) is 51.8 Å². The number of anilines is 1. The van der Waals surface area contributed by atoms with Crippen LogP contribution >= 0.6 is 0 Å². The molecule has 1 aromatic heterocycles. The number of nitrogens with two attached hydrogens (primary N) is 1. The van der Waals surface area contributed by atoms with Gasteiger partial charge in [-0.15, -0.1) is 0 Å². The minimum absolute atomic E-state index is 0.0654. The summed E-state index contributed by atoms with van der Waals surface area (Å²) in [7, 11) is 0.